The van der Waals surface area contributed by atoms with Gasteiger partial charge in [0.1, 0.15) is 0 Å². The summed E-state index contributed by atoms with van der Waals surface area (Å²) in [6.07, 6.45) is 1.45. The fraction of sp³-hybridized carbons (Fsp3) is 0.111. The van der Waals surface area contributed by atoms with E-state index >= 15 is 0 Å². The van der Waals surface area contributed by atoms with E-state index in [-0.39, 0.29) is 11.5 Å². The highest BCUT2D eigenvalue weighted by molar-refractivity contribution is 14.1. The largest absolute Gasteiger partial charge is 0.504 e. The minimum absolute atomic E-state index is 0.0607. The zero-order valence-electron chi connectivity index (χ0n) is 13.9. The summed E-state index contributed by atoms with van der Waals surface area (Å²) in [5.74, 6) is 0.579. The zero-order valence-corrected chi connectivity index (χ0v) is 16.1. The molecule has 0 saturated carbocycles. The summed E-state index contributed by atoms with van der Waals surface area (Å²) in [5, 5.41) is 14.5. The van der Waals surface area contributed by atoms with Crippen LogP contribution >= 0.6 is 22.6 Å². The highest BCUT2D eigenvalue weighted by atomic mass is 127. The molecule has 0 bridgehead atoms. The van der Waals surface area contributed by atoms with Gasteiger partial charge in [-0.2, -0.15) is 5.10 Å². The Hall–Kier alpha value is -2.75. The van der Waals surface area contributed by atoms with E-state index in [9.17, 15) is 9.90 Å². The van der Waals surface area contributed by atoms with E-state index in [1.807, 2.05) is 34.7 Å². The molecule has 1 heterocycles. The van der Waals surface area contributed by atoms with E-state index in [0.717, 1.165) is 5.39 Å². The normalized spacial score (nSPS) is 11.0. The summed E-state index contributed by atoms with van der Waals surface area (Å²) in [6.45, 7) is 0. The van der Waals surface area contributed by atoms with Crippen LogP contribution in [-0.4, -0.2) is 31.4 Å². The van der Waals surface area contributed by atoms with Crippen LogP contribution in [-0.2, 0) is 0 Å². The number of carbonyl (C=O) groups excluding carboxylic acids is 1. The number of rotatable bonds is 5. The van der Waals surface area contributed by atoms with Crippen molar-refractivity contribution in [2.45, 2.75) is 0 Å². The number of fused-ring (bicyclic) bond motifs is 1. The SMILES string of the molecule is COc1cc(/C=N\NC(=O)c2cc3cccc(OC)c3o2)cc(I)c1O. The minimum atomic E-state index is -0.486. The molecular weight excluding hydrogens is 451 g/mol. The van der Waals surface area contributed by atoms with Gasteiger partial charge < -0.3 is 19.0 Å². The summed E-state index contributed by atoms with van der Waals surface area (Å²) >= 11 is 1.98. The molecule has 2 N–H and O–H groups in total. The van der Waals surface area contributed by atoms with Crippen LogP contribution in [0.5, 0.6) is 17.2 Å². The van der Waals surface area contributed by atoms with Crippen molar-refractivity contribution in [3.8, 4) is 17.2 Å². The number of aromatic hydroxyl groups is 1. The van der Waals surface area contributed by atoms with Crippen molar-refractivity contribution < 1.29 is 23.8 Å². The second-order valence-corrected chi connectivity index (χ2v) is 6.40. The highest BCUT2D eigenvalue weighted by Crippen LogP contribution is 2.32. The fourth-order valence-corrected chi connectivity index (χ4v) is 2.98. The van der Waals surface area contributed by atoms with Crippen LogP contribution in [0, 0.1) is 3.57 Å². The maximum atomic E-state index is 12.2. The van der Waals surface area contributed by atoms with Crippen LogP contribution in [0.4, 0.5) is 0 Å². The molecule has 0 atom stereocenters. The van der Waals surface area contributed by atoms with Crippen LogP contribution in [0.2, 0.25) is 0 Å². The van der Waals surface area contributed by atoms with E-state index < -0.39 is 5.91 Å². The maximum absolute atomic E-state index is 12.2. The van der Waals surface area contributed by atoms with Gasteiger partial charge in [-0.05, 0) is 52.4 Å². The molecule has 7 nitrogen and oxygen atoms in total. The van der Waals surface area contributed by atoms with Crippen molar-refractivity contribution in [1.29, 1.82) is 0 Å². The van der Waals surface area contributed by atoms with Gasteiger partial charge in [0.05, 0.1) is 24.0 Å². The molecule has 2 aromatic carbocycles. The molecule has 0 unspecified atom stereocenters. The van der Waals surface area contributed by atoms with Gasteiger partial charge in [0.15, 0.2) is 28.6 Å². The summed E-state index contributed by atoms with van der Waals surface area (Å²) in [7, 11) is 3.00. The Bertz CT molecular complexity index is 997. The number of hydrazone groups is 1. The van der Waals surface area contributed by atoms with Crippen LogP contribution in [0.25, 0.3) is 11.0 Å². The molecular formula is C18H15IN2O5. The van der Waals surface area contributed by atoms with Gasteiger partial charge in [-0.1, -0.05) is 12.1 Å². The van der Waals surface area contributed by atoms with Gasteiger partial charge in [0, 0.05) is 5.39 Å². The number of amides is 1. The Kier molecular flexibility index (Phi) is 5.31. The lowest BCUT2D eigenvalue weighted by molar-refractivity contribution is 0.0929. The van der Waals surface area contributed by atoms with E-state index in [1.54, 1.807) is 24.3 Å². The predicted molar refractivity (Wildman–Crippen MR) is 105 cm³/mol. The Morgan fingerprint density at radius 2 is 2.00 bits per heavy atom. The first-order chi connectivity index (χ1) is 12.5. The quantitative estimate of drug-likeness (QED) is 0.341. The average Bonchev–Trinajstić information content (AvgIpc) is 3.08. The number of hydrogen-bond acceptors (Lipinski definition) is 6. The third-order valence-corrected chi connectivity index (χ3v) is 4.42. The van der Waals surface area contributed by atoms with Crippen molar-refractivity contribution >= 4 is 45.7 Å². The van der Waals surface area contributed by atoms with Crippen LogP contribution in [0.1, 0.15) is 16.1 Å². The molecule has 26 heavy (non-hydrogen) atoms. The predicted octanol–water partition coefficient (Wildman–Crippen LogP) is 3.52. The van der Waals surface area contributed by atoms with Crippen molar-refractivity contribution in [2.24, 2.45) is 5.10 Å². The van der Waals surface area contributed by atoms with Crippen molar-refractivity contribution in [1.82, 2.24) is 5.43 Å². The molecule has 0 aliphatic rings. The Balaban J connectivity index is 1.77. The first-order valence-electron chi connectivity index (χ1n) is 7.50. The number of furan rings is 1. The molecule has 3 aromatic rings. The second-order valence-electron chi connectivity index (χ2n) is 5.24. The molecule has 0 radical (unpaired) electrons. The topological polar surface area (TPSA) is 93.3 Å². The van der Waals surface area contributed by atoms with E-state index in [4.69, 9.17) is 13.9 Å². The number of phenols is 1. The van der Waals surface area contributed by atoms with Crippen LogP contribution in [0.15, 0.2) is 45.9 Å². The smallest absolute Gasteiger partial charge is 0.307 e. The van der Waals surface area contributed by atoms with E-state index in [0.29, 0.717) is 26.2 Å². The van der Waals surface area contributed by atoms with Gasteiger partial charge in [-0.3, -0.25) is 4.79 Å². The lowest BCUT2D eigenvalue weighted by Crippen LogP contribution is -2.16. The third-order valence-electron chi connectivity index (χ3n) is 3.60. The Labute approximate surface area is 162 Å². The highest BCUT2D eigenvalue weighted by Gasteiger charge is 2.14. The second kappa shape index (κ2) is 7.65. The number of methoxy groups -OCH3 is 2. The first kappa shape index (κ1) is 18.1. The lowest BCUT2D eigenvalue weighted by Gasteiger charge is -2.06. The molecule has 134 valence electrons. The summed E-state index contributed by atoms with van der Waals surface area (Å²) in [4.78, 5) is 12.2. The molecule has 0 aliphatic carbocycles. The number of carbonyl (C=O) groups is 1. The van der Waals surface area contributed by atoms with Crippen molar-refractivity contribution in [2.75, 3.05) is 14.2 Å². The van der Waals surface area contributed by atoms with Gasteiger partial charge in [0.25, 0.3) is 0 Å². The number of ether oxygens (including phenoxy) is 2. The van der Waals surface area contributed by atoms with Gasteiger partial charge in [0.2, 0.25) is 0 Å². The first-order valence-corrected chi connectivity index (χ1v) is 8.58. The molecule has 0 fully saturated rings. The average molecular weight is 466 g/mol. The monoisotopic (exact) mass is 466 g/mol. The van der Waals surface area contributed by atoms with Crippen LogP contribution < -0.4 is 14.9 Å². The number of benzene rings is 2. The molecule has 1 amide bonds. The maximum Gasteiger partial charge on any atom is 0.307 e. The molecule has 3 rings (SSSR count). The fourth-order valence-electron chi connectivity index (χ4n) is 2.35. The van der Waals surface area contributed by atoms with Crippen LogP contribution in [0.3, 0.4) is 0 Å². The third kappa shape index (κ3) is 3.59. The standard InChI is InChI=1S/C18H15IN2O5/c1-24-13-5-3-4-11-8-15(26-17(11)13)18(23)21-20-9-10-6-12(19)16(22)14(7-10)25-2/h3-9,22H,1-2H3,(H,21,23)/b20-9-. The number of nitrogens with one attached hydrogen (secondary N) is 1. The van der Waals surface area contributed by atoms with Gasteiger partial charge in [-0.15, -0.1) is 0 Å². The number of para-hydroxylation sites is 1. The Morgan fingerprint density at radius 1 is 1.23 bits per heavy atom. The zero-order chi connectivity index (χ0) is 18.7. The van der Waals surface area contributed by atoms with E-state index in [2.05, 4.69) is 10.5 Å². The number of halogens is 1. The Morgan fingerprint density at radius 3 is 2.73 bits per heavy atom. The molecule has 0 saturated heterocycles. The van der Waals surface area contributed by atoms with Crippen molar-refractivity contribution in [3.63, 3.8) is 0 Å². The van der Waals surface area contributed by atoms with Gasteiger partial charge in [-0.25, -0.2) is 5.43 Å². The van der Waals surface area contributed by atoms with E-state index in [1.165, 1.54) is 20.4 Å². The number of nitrogens with zero attached hydrogens (tertiary/aromatic N) is 1. The van der Waals surface area contributed by atoms with Crippen molar-refractivity contribution in [3.05, 3.63) is 51.3 Å². The minimum Gasteiger partial charge on any atom is -0.504 e. The molecule has 1 aromatic heterocycles. The number of hydrogen-bond donors (Lipinski definition) is 2. The lowest BCUT2D eigenvalue weighted by atomic mass is 10.2. The summed E-state index contributed by atoms with van der Waals surface area (Å²) in [6, 6.07) is 10.3. The molecule has 0 aliphatic heterocycles. The summed E-state index contributed by atoms with van der Waals surface area (Å²) < 4.78 is 16.5. The number of phenolic OH excluding ortho intramolecular Hbond substituents is 1. The summed E-state index contributed by atoms with van der Waals surface area (Å²) in [5.41, 5.74) is 3.57. The molecule has 0 spiro atoms. The van der Waals surface area contributed by atoms with Gasteiger partial charge >= 0.3 is 5.91 Å². The molecule has 8 heteroatoms.